The van der Waals surface area contributed by atoms with Gasteiger partial charge in [-0.15, -0.1) is 0 Å². The Kier molecular flexibility index (Phi) is 3.33. The fraction of sp³-hybridized carbons (Fsp3) is 0.500. The van der Waals surface area contributed by atoms with Gasteiger partial charge >= 0.3 is 0 Å². The van der Waals surface area contributed by atoms with Gasteiger partial charge in [-0.05, 0) is 50.3 Å². The van der Waals surface area contributed by atoms with E-state index >= 15 is 0 Å². The second kappa shape index (κ2) is 4.98. The van der Waals surface area contributed by atoms with Gasteiger partial charge in [-0.3, -0.25) is 0 Å². The van der Waals surface area contributed by atoms with Crippen LogP contribution >= 0.6 is 12.2 Å². The lowest BCUT2D eigenvalue weighted by Crippen LogP contribution is -2.17. The second-order valence-corrected chi connectivity index (χ2v) is 5.70. The van der Waals surface area contributed by atoms with Crippen LogP contribution in [0.25, 0.3) is 11.0 Å². The maximum absolute atomic E-state index is 5.46. The molecule has 0 saturated carbocycles. The van der Waals surface area contributed by atoms with Gasteiger partial charge in [0.05, 0.1) is 12.6 Å². The largest absolute Gasteiger partial charge is 0.494 e. The molecule has 1 N–H and O–H groups in total. The highest BCUT2D eigenvalue weighted by Gasteiger charge is 2.21. The van der Waals surface area contributed by atoms with Gasteiger partial charge in [0, 0.05) is 13.1 Å². The summed E-state index contributed by atoms with van der Waals surface area (Å²) in [6, 6.07) is 6.07. The molecule has 1 aromatic carbocycles. The summed E-state index contributed by atoms with van der Waals surface area (Å²) in [5.41, 5.74) is 2.14. The third-order valence-electron chi connectivity index (χ3n) is 3.92. The first kappa shape index (κ1) is 12.7. The van der Waals surface area contributed by atoms with Crippen molar-refractivity contribution in [3.8, 4) is 5.75 Å². The normalized spacial score (nSPS) is 20.2. The Morgan fingerprint density at radius 2 is 2.32 bits per heavy atom. The van der Waals surface area contributed by atoms with Crippen LogP contribution in [-0.4, -0.2) is 41.7 Å². The Bertz CT molecular complexity index is 646. The van der Waals surface area contributed by atoms with Gasteiger partial charge in [-0.2, -0.15) is 0 Å². The lowest BCUT2D eigenvalue weighted by atomic mass is 10.1. The van der Waals surface area contributed by atoms with Gasteiger partial charge in [0.2, 0.25) is 0 Å². The molecule has 0 aliphatic carbocycles. The molecule has 1 aliphatic rings. The summed E-state index contributed by atoms with van der Waals surface area (Å²) >= 11 is 5.46. The molecule has 5 heteroatoms. The van der Waals surface area contributed by atoms with Crippen LogP contribution in [0.3, 0.4) is 0 Å². The summed E-state index contributed by atoms with van der Waals surface area (Å²) in [6.07, 6.45) is 1.24. The van der Waals surface area contributed by atoms with Crippen LogP contribution in [0.15, 0.2) is 18.2 Å². The Morgan fingerprint density at radius 3 is 3.00 bits per heavy atom. The van der Waals surface area contributed by atoms with Crippen LogP contribution in [0.1, 0.15) is 6.42 Å². The quantitative estimate of drug-likeness (QED) is 0.876. The smallest absolute Gasteiger partial charge is 0.178 e. The molecule has 19 heavy (non-hydrogen) atoms. The summed E-state index contributed by atoms with van der Waals surface area (Å²) in [7, 11) is 3.87. The van der Waals surface area contributed by atoms with Crippen LogP contribution in [0.4, 0.5) is 0 Å². The zero-order chi connectivity index (χ0) is 13.4. The summed E-state index contributed by atoms with van der Waals surface area (Å²) in [4.78, 5) is 5.65. The summed E-state index contributed by atoms with van der Waals surface area (Å²) in [5, 5.41) is 0. The predicted molar refractivity (Wildman–Crippen MR) is 79.3 cm³/mol. The standard InChI is InChI=1S/C14H19N3OS/c1-16-7-6-10(8-16)9-17-11-4-3-5-12(18-2)13(11)15-14(17)19/h3-5,10H,6-9H2,1-2H3,(H,15,19). The molecule has 0 bridgehead atoms. The molecule has 0 radical (unpaired) electrons. The highest BCUT2D eigenvalue weighted by molar-refractivity contribution is 7.71. The molecule has 2 aromatic rings. The summed E-state index contributed by atoms with van der Waals surface area (Å²) in [5.74, 6) is 1.53. The number of fused-ring (bicyclic) bond motifs is 1. The van der Waals surface area contributed by atoms with E-state index in [1.165, 1.54) is 13.0 Å². The Morgan fingerprint density at radius 1 is 1.47 bits per heavy atom. The molecule has 1 aromatic heterocycles. The first-order valence-corrected chi connectivity index (χ1v) is 7.04. The lowest BCUT2D eigenvalue weighted by Gasteiger charge is -2.12. The molecule has 4 nitrogen and oxygen atoms in total. The van der Waals surface area contributed by atoms with Gasteiger partial charge in [0.1, 0.15) is 11.3 Å². The van der Waals surface area contributed by atoms with Crippen molar-refractivity contribution in [2.24, 2.45) is 5.92 Å². The van der Waals surface area contributed by atoms with Crippen LogP contribution in [-0.2, 0) is 6.54 Å². The van der Waals surface area contributed by atoms with E-state index in [4.69, 9.17) is 17.0 Å². The number of methoxy groups -OCH3 is 1. The number of benzene rings is 1. The second-order valence-electron chi connectivity index (χ2n) is 5.31. The Balaban J connectivity index is 1.99. The van der Waals surface area contributed by atoms with Crippen molar-refractivity contribution in [2.75, 3.05) is 27.2 Å². The highest BCUT2D eigenvalue weighted by atomic mass is 32.1. The molecule has 2 heterocycles. The maximum atomic E-state index is 5.46. The molecule has 1 saturated heterocycles. The fourth-order valence-electron chi connectivity index (χ4n) is 2.94. The molecule has 1 aliphatic heterocycles. The first-order valence-electron chi connectivity index (χ1n) is 6.63. The molecule has 1 fully saturated rings. The van der Waals surface area contributed by atoms with E-state index in [-0.39, 0.29) is 0 Å². The molecular formula is C14H19N3OS. The molecule has 102 valence electrons. The first-order chi connectivity index (χ1) is 9.19. The Hall–Kier alpha value is -1.33. The topological polar surface area (TPSA) is 33.2 Å². The molecular weight excluding hydrogens is 258 g/mol. The van der Waals surface area contributed by atoms with Crippen molar-refractivity contribution >= 4 is 23.3 Å². The number of likely N-dealkylation sites (tertiary alicyclic amines) is 1. The molecule has 0 amide bonds. The average molecular weight is 277 g/mol. The summed E-state index contributed by atoms with van der Waals surface area (Å²) < 4.78 is 8.38. The summed E-state index contributed by atoms with van der Waals surface area (Å²) in [6.45, 7) is 3.32. The molecule has 1 atom stereocenters. The van der Waals surface area contributed by atoms with E-state index < -0.39 is 0 Å². The SMILES string of the molecule is COc1cccc2c1[nH]c(=S)n2CC1CCN(C)C1. The highest BCUT2D eigenvalue weighted by Crippen LogP contribution is 2.26. The van der Waals surface area contributed by atoms with Crippen molar-refractivity contribution < 1.29 is 4.74 Å². The monoisotopic (exact) mass is 277 g/mol. The maximum Gasteiger partial charge on any atom is 0.178 e. The van der Waals surface area contributed by atoms with E-state index in [1.807, 2.05) is 12.1 Å². The van der Waals surface area contributed by atoms with Crippen molar-refractivity contribution in [1.82, 2.24) is 14.5 Å². The molecule has 1 unspecified atom stereocenters. The minimum absolute atomic E-state index is 0.682. The van der Waals surface area contributed by atoms with Crippen LogP contribution in [0.2, 0.25) is 0 Å². The number of rotatable bonds is 3. The third kappa shape index (κ3) is 2.28. The van der Waals surface area contributed by atoms with Crippen molar-refractivity contribution in [1.29, 1.82) is 0 Å². The molecule has 0 spiro atoms. The predicted octanol–water partition coefficient (Wildman–Crippen LogP) is 2.66. The van der Waals surface area contributed by atoms with E-state index in [9.17, 15) is 0 Å². The average Bonchev–Trinajstić information content (AvgIpc) is 2.94. The van der Waals surface area contributed by atoms with E-state index in [0.29, 0.717) is 5.92 Å². The number of nitrogens with one attached hydrogen (secondary N) is 1. The van der Waals surface area contributed by atoms with Gasteiger partial charge in [0.25, 0.3) is 0 Å². The minimum Gasteiger partial charge on any atom is -0.494 e. The number of hydrogen-bond donors (Lipinski definition) is 1. The van der Waals surface area contributed by atoms with Gasteiger partial charge in [-0.1, -0.05) is 6.07 Å². The van der Waals surface area contributed by atoms with Crippen molar-refractivity contribution in [3.05, 3.63) is 23.0 Å². The van der Waals surface area contributed by atoms with Gasteiger partial charge < -0.3 is 19.2 Å². The van der Waals surface area contributed by atoms with E-state index in [1.54, 1.807) is 7.11 Å². The zero-order valence-corrected chi connectivity index (χ0v) is 12.2. The van der Waals surface area contributed by atoms with Crippen molar-refractivity contribution in [3.63, 3.8) is 0 Å². The number of hydrogen-bond acceptors (Lipinski definition) is 3. The molecule has 3 rings (SSSR count). The Labute approximate surface area is 118 Å². The fourth-order valence-corrected chi connectivity index (χ4v) is 3.21. The van der Waals surface area contributed by atoms with Gasteiger partial charge in [-0.25, -0.2) is 0 Å². The number of aromatic amines is 1. The number of H-pyrrole nitrogens is 1. The van der Waals surface area contributed by atoms with E-state index in [0.717, 1.165) is 34.6 Å². The van der Waals surface area contributed by atoms with Gasteiger partial charge in [0.15, 0.2) is 4.77 Å². The zero-order valence-electron chi connectivity index (χ0n) is 11.3. The van der Waals surface area contributed by atoms with E-state index in [2.05, 4.69) is 27.6 Å². The lowest BCUT2D eigenvalue weighted by molar-refractivity contribution is 0.379. The van der Waals surface area contributed by atoms with Crippen LogP contribution in [0.5, 0.6) is 5.75 Å². The number of ether oxygens (including phenoxy) is 1. The van der Waals surface area contributed by atoms with Crippen LogP contribution in [0, 0.1) is 10.7 Å². The number of nitrogens with zero attached hydrogens (tertiary/aromatic N) is 2. The number of aromatic nitrogens is 2. The third-order valence-corrected chi connectivity index (χ3v) is 4.24. The minimum atomic E-state index is 0.682. The number of imidazole rings is 1. The van der Waals surface area contributed by atoms with Crippen molar-refractivity contribution in [2.45, 2.75) is 13.0 Å². The van der Waals surface area contributed by atoms with Crippen LogP contribution < -0.4 is 4.74 Å². The number of para-hydroxylation sites is 1.